The van der Waals surface area contributed by atoms with Crippen LogP contribution in [0.1, 0.15) is 12.5 Å². The maximum atomic E-state index is 11.9. The summed E-state index contributed by atoms with van der Waals surface area (Å²) in [5.74, 6) is 0.834. The Morgan fingerprint density at radius 2 is 1.71 bits per heavy atom. The van der Waals surface area contributed by atoms with E-state index in [9.17, 15) is 4.79 Å². The normalized spacial score (nSPS) is 10.3. The van der Waals surface area contributed by atoms with Gasteiger partial charge in [-0.15, -0.1) is 0 Å². The zero-order chi connectivity index (χ0) is 17.5. The van der Waals surface area contributed by atoms with E-state index in [-0.39, 0.29) is 6.03 Å². The van der Waals surface area contributed by atoms with Gasteiger partial charge < -0.3 is 15.4 Å². The molecule has 0 fully saturated rings. The molecule has 4 nitrogen and oxygen atoms in total. The molecule has 0 heterocycles. The molecular formula is C17H17Cl3N2O2. The summed E-state index contributed by atoms with van der Waals surface area (Å²) in [5.41, 5.74) is 1.51. The van der Waals surface area contributed by atoms with Crippen molar-refractivity contribution < 1.29 is 9.53 Å². The van der Waals surface area contributed by atoms with Gasteiger partial charge in [0.05, 0.1) is 27.4 Å². The first-order valence-corrected chi connectivity index (χ1v) is 8.54. The van der Waals surface area contributed by atoms with Crippen LogP contribution in [0, 0.1) is 0 Å². The molecule has 2 aromatic carbocycles. The Labute approximate surface area is 156 Å². The van der Waals surface area contributed by atoms with Crippen molar-refractivity contribution in [3.8, 4) is 5.75 Å². The second-order valence-corrected chi connectivity index (χ2v) is 6.18. The molecule has 2 aromatic rings. The van der Waals surface area contributed by atoms with Crippen molar-refractivity contribution in [2.75, 3.05) is 18.5 Å². The number of halogens is 3. The molecule has 0 aliphatic rings. The summed E-state index contributed by atoms with van der Waals surface area (Å²) in [4.78, 5) is 11.9. The quantitative estimate of drug-likeness (QED) is 0.651. The third-order valence-corrected chi connectivity index (χ3v) is 4.23. The van der Waals surface area contributed by atoms with Crippen LogP contribution < -0.4 is 15.4 Å². The molecule has 128 valence electrons. The SMILES string of the molecule is CCOc1ccc(CCNC(=O)Nc2cc(Cl)c(Cl)cc2Cl)cc1. The minimum absolute atomic E-state index is 0.325. The second-order valence-electron chi connectivity index (χ2n) is 4.95. The van der Waals surface area contributed by atoms with Crippen molar-refractivity contribution in [3.63, 3.8) is 0 Å². The van der Waals surface area contributed by atoms with Crippen molar-refractivity contribution >= 4 is 46.5 Å². The van der Waals surface area contributed by atoms with E-state index < -0.39 is 0 Å². The van der Waals surface area contributed by atoms with Crippen LogP contribution in [0.4, 0.5) is 10.5 Å². The number of rotatable bonds is 6. The number of hydrogen-bond acceptors (Lipinski definition) is 2. The van der Waals surface area contributed by atoms with Crippen LogP contribution in [0.2, 0.25) is 15.1 Å². The molecule has 0 aliphatic heterocycles. The maximum Gasteiger partial charge on any atom is 0.319 e. The van der Waals surface area contributed by atoms with Crippen molar-refractivity contribution in [3.05, 3.63) is 57.0 Å². The fourth-order valence-electron chi connectivity index (χ4n) is 2.02. The molecule has 2 rings (SSSR count). The molecule has 0 saturated carbocycles. The average molecular weight is 388 g/mol. The van der Waals surface area contributed by atoms with Crippen LogP contribution in [0.15, 0.2) is 36.4 Å². The number of amides is 2. The third kappa shape index (κ3) is 5.48. The van der Waals surface area contributed by atoms with Crippen molar-refractivity contribution in [1.82, 2.24) is 5.32 Å². The third-order valence-electron chi connectivity index (χ3n) is 3.19. The number of nitrogens with one attached hydrogen (secondary N) is 2. The predicted molar refractivity (Wildman–Crippen MR) is 99.8 cm³/mol. The number of urea groups is 1. The molecule has 0 atom stereocenters. The Kier molecular flexibility index (Phi) is 7.03. The summed E-state index contributed by atoms with van der Waals surface area (Å²) >= 11 is 17.8. The molecule has 2 amide bonds. The highest BCUT2D eigenvalue weighted by Crippen LogP contribution is 2.32. The van der Waals surface area contributed by atoms with Gasteiger partial charge in [0.25, 0.3) is 0 Å². The van der Waals surface area contributed by atoms with Crippen LogP contribution in [-0.2, 0) is 6.42 Å². The zero-order valence-electron chi connectivity index (χ0n) is 13.0. The summed E-state index contributed by atoms with van der Waals surface area (Å²) in [5, 5.41) is 6.40. The van der Waals surface area contributed by atoms with Crippen molar-refractivity contribution in [2.45, 2.75) is 13.3 Å². The van der Waals surface area contributed by atoms with E-state index in [4.69, 9.17) is 39.5 Å². The smallest absolute Gasteiger partial charge is 0.319 e. The van der Waals surface area contributed by atoms with Gasteiger partial charge in [-0.25, -0.2) is 4.79 Å². The fourth-order valence-corrected chi connectivity index (χ4v) is 2.62. The summed E-state index contributed by atoms with van der Waals surface area (Å²) in [7, 11) is 0. The van der Waals surface area contributed by atoms with Crippen molar-refractivity contribution in [2.24, 2.45) is 0 Å². The number of carbonyl (C=O) groups excluding carboxylic acids is 1. The van der Waals surface area contributed by atoms with Crippen LogP contribution >= 0.6 is 34.8 Å². The van der Waals surface area contributed by atoms with E-state index in [2.05, 4.69) is 10.6 Å². The summed E-state index contributed by atoms with van der Waals surface area (Å²) in [6.45, 7) is 3.06. The van der Waals surface area contributed by atoms with Crippen molar-refractivity contribution in [1.29, 1.82) is 0 Å². The number of anilines is 1. The summed E-state index contributed by atoms with van der Waals surface area (Å²) < 4.78 is 5.39. The Morgan fingerprint density at radius 3 is 2.38 bits per heavy atom. The van der Waals surface area contributed by atoms with Gasteiger partial charge in [0.2, 0.25) is 0 Å². The van der Waals surface area contributed by atoms with Gasteiger partial charge in [-0.1, -0.05) is 46.9 Å². The number of ether oxygens (including phenoxy) is 1. The van der Waals surface area contributed by atoms with E-state index in [1.807, 2.05) is 31.2 Å². The van der Waals surface area contributed by atoms with Crippen LogP contribution in [-0.4, -0.2) is 19.2 Å². The maximum absolute atomic E-state index is 11.9. The van der Waals surface area contributed by atoms with Crippen LogP contribution in [0.5, 0.6) is 5.75 Å². The second kappa shape index (κ2) is 9.02. The molecule has 0 unspecified atom stereocenters. The molecular weight excluding hydrogens is 371 g/mol. The van der Waals surface area contributed by atoms with Gasteiger partial charge >= 0.3 is 6.03 Å². The molecule has 7 heteroatoms. The van der Waals surface area contributed by atoms with E-state index in [1.54, 1.807) is 0 Å². The van der Waals surface area contributed by atoms with Crippen LogP contribution in [0.25, 0.3) is 0 Å². The monoisotopic (exact) mass is 386 g/mol. The number of carbonyl (C=O) groups is 1. The minimum atomic E-state index is -0.360. The Bertz CT molecular complexity index is 706. The minimum Gasteiger partial charge on any atom is -0.494 e. The van der Waals surface area contributed by atoms with Gasteiger partial charge in [-0.3, -0.25) is 0 Å². The lowest BCUT2D eigenvalue weighted by atomic mass is 10.1. The van der Waals surface area contributed by atoms with Gasteiger partial charge in [-0.05, 0) is 43.2 Å². The first-order chi connectivity index (χ1) is 11.5. The standard InChI is InChI=1S/C17H17Cl3N2O2/c1-2-24-12-5-3-11(4-6-12)7-8-21-17(23)22-16-10-14(19)13(18)9-15(16)20/h3-6,9-10H,2,7-8H2,1H3,(H2,21,22,23). The first-order valence-electron chi connectivity index (χ1n) is 7.40. The highest BCUT2D eigenvalue weighted by Gasteiger charge is 2.09. The lowest BCUT2D eigenvalue weighted by Gasteiger charge is -2.10. The summed E-state index contributed by atoms with van der Waals surface area (Å²) in [6, 6.07) is 10.4. The van der Waals surface area contributed by atoms with Gasteiger partial charge in [0.1, 0.15) is 5.75 Å². The first kappa shape index (κ1) is 18.7. The van der Waals surface area contributed by atoms with Gasteiger partial charge in [0, 0.05) is 6.54 Å². The average Bonchev–Trinajstić information content (AvgIpc) is 2.54. The molecule has 0 bridgehead atoms. The van der Waals surface area contributed by atoms with E-state index >= 15 is 0 Å². The molecule has 0 saturated heterocycles. The van der Waals surface area contributed by atoms with E-state index in [0.29, 0.717) is 40.3 Å². The number of hydrogen-bond donors (Lipinski definition) is 2. The Morgan fingerprint density at radius 1 is 1.04 bits per heavy atom. The Hall–Kier alpha value is -1.62. The highest BCUT2D eigenvalue weighted by atomic mass is 35.5. The summed E-state index contributed by atoms with van der Waals surface area (Å²) in [6.07, 6.45) is 0.703. The Balaban J connectivity index is 1.82. The lowest BCUT2D eigenvalue weighted by molar-refractivity contribution is 0.252. The lowest BCUT2D eigenvalue weighted by Crippen LogP contribution is -2.30. The largest absolute Gasteiger partial charge is 0.494 e. The molecule has 0 spiro atoms. The molecule has 24 heavy (non-hydrogen) atoms. The molecule has 0 radical (unpaired) electrons. The van der Waals surface area contributed by atoms with E-state index in [1.165, 1.54) is 12.1 Å². The molecule has 0 aliphatic carbocycles. The fraction of sp³-hybridized carbons (Fsp3) is 0.235. The van der Waals surface area contributed by atoms with E-state index in [0.717, 1.165) is 11.3 Å². The zero-order valence-corrected chi connectivity index (χ0v) is 15.3. The topological polar surface area (TPSA) is 50.4 Å². The highest BCUT2D eigenvalue weighted by molar-refractivity contribution is 6.44. The van der Waals surface area contributed by atoms with Gasteiger partial charge in [-0.2, -0.15) is 0 Å². The molecule has 2 N–H and O–H groups in total. The van der Waals surface area contributed by atoms with Crippen LogP contribution in [0.3, 0.4) is 0 Å². The number of benzene rings is 2. The van der Waals surface area contributed by atoms with Gasteiger partial charge in [0.15, 0.2) is 0 Å². The predicted octanol–water partition coefficient (Wildman–Crippen LogP) is 5.41. The molecule has 0 aromatic heterocycles.